The molecule has 3 heterocycles. The molecule has 3 rings (SSSR count). The fraction of sp³-hybridized carbons (Fsp3) is 0.692. The summed E-state index contributed by atoms with van der Waals surface area (Å²) < 4.78 is 11.7. The molecule has 1 aromatic heterocycles. The molecule has 2 fully saturated rings. The minimum atomic E-state index is -1.30. The Bertz CT molecular complexity index is 573. The molecule has 0 aliphatic carbocycles. The lowest BCUT2D eigenvalue weighted by Crippen LogP contribution is -2.40. The van der Waals surface area contributed by atoms with Crippen LogP contribution in [-0.2, 0) is 9.47 Å². The SMILES string of the molecule is O=c1nc(N2CCOCC2)ccn1[C@@H]1O[C@@H](CO)[C@@H](O)[C@H]1O. The van der Waals surface area contributed by atoms with E-state index < -0.39 is 36.8 Å². The molecule has 2 aliphatic rings. The quantitative estimate of drug-likeness (QED) is 0.570. The lowest BCUT2D eigenvalue weighted by molar-refractivity contribution is -0.0549. The van der Waals surface area contributed by atoms with Gasteiger partial charge in [-0.05, 0) is 6.07 Å². The minimum absolute atomic E-state index is 0.442. The van der Waals surface area contributed by atoms with Gasteiger partial charge in [0.15, 0.2) is 6.23 Å². The molecular weight excluding hydrogens is 294 g/mol. The van der Waals surface area contributed by atoms with Crippen LogP contribution in [0.25, 0.3) is 0 Å². The largest absolute Gasteiger partial charge is 0.394 e. The highest BCUT2D eigenvalue weighted by Gasteiger charge is 2.43. The van der Waals surface area contributed by atoms with E-state index in [0.717, 1.165) is 4.57 Å². The van der Waals surface area contributed by atoms with Crippen LogP contribution in [0.2, 0.25) is 0 Å². The predicted molar refractivity (Wildman–Crippen MR) is 74.5 cm³/mol. The third kappa shape index (κ3) is 2.73. The molecule has 9 nitrogen and oxygen atoms in total. The number of morpholine rings is 1. The fourth-order valence-electron chi connectivity index (χ4n) is 2.68. The van der Waals surface area contributed by atoms with Crippen LogP contribution >= 0.6 is 0 Å². The first-order valence-corrected chi connectivity index (χ1v) is 7.16. The summed E-state index contributed by atoms with van der Waals surface area (Å²) in [6, 6.07) is 1.65. The first-order valence-electron chi connectivity index (χ1n) is 7.16. The first-order chi connectivity index (χ1) is 10.6. The average Bonchev–Trinajstić information content (AvgIpc) is 2.83. The molecule has 2 saturated heterocycles. The third-order valence-electron chi connectivity index (χ3n) is 3.94. The van der Waals surface area contributed by atoms with Crippen molar-refractivity contribution in [2.45, 2.75) is 24.5 Å². The molecule has 4 atom stereocenters. The van der Waals surface area contributed by atoms with Crippen molar-refractivity contribution in [1.29, 1.82) is 0 Å². The van der Waals surface area contributed by atoms with Crippen molar-refractivity contribution in [1.82, 2.24) is 9.55 Å². The van der Waals surface area contributed by atoms with E-state index in [1.807, 2.05) is 4.90 Å². The Morgan fingerprint density at radius 3 is 2.59 bits per heavy atom. The molecular formula is C13H19N3O6. The van der Waals surface area contributed by atoms with E-state index >= 15 is 0 Å². The second-order valence-corrected chi connectivity index (χ2v) is 5.30. The number of anilines is 1. The zero-order valence-corrected chi connectivity index (χ0v) is 11.9. The molecule has 0 aromatic carbocycles. The van der Waals surface area contributed by atoms with E-state index in [4.69, 9.17) is 14.6 Å². The summed E-state index contributed by atoms with van der Waals surface area (Å²) in [5.41, 5.74) is -0.584. The smallest absolute Gasteiger partial charge is 0.351 e. The van der Waals surface area contributed by atoms with Crippen molar-refractivity contribution in [3.05, 3.63) is 22.7 Å². The zero-order valence-electron chi connectivity index (χ0n) is 11.9. The van der Waals surface area contributed by atoms with Gasteiger partial charge in [-0.25, -0.2) is 4.79 Å². The second kappa shape index (κ2) is 6.31. The number of aliphatic hydroxyl groups is 3. The summed E-state index contributed by atoms with van der Waals surface area (Å²) in [6.07, 6.45) is -3.07. The molecule has 0 bridgehead atoms. The Morgan fingerprint density at radius 1 is 1.27 bits per heavy atom. The van der Waals surface area contributed by atoms with Gasteiger partial charge >= 0.3 is 5.69 Å². The number of hydrogen-bond donors (Lipinski definition) is 3. The zero-order chi connectivity index (χ0) is 15.7. The summed E-state index contributed by atoms with van der Waals surface area (Å²) in [5.74, 6) is 0.538. The number of rotatable bonds is 3. The number of aliphatic hydroxyl groups excluding tert-OH is 3. The van der Waals surface area contributed by atoms with E-state index in [2.05, 4.69) is 4.98 Å². The van der Waals surface area contributed by atoms with Crippen LogP contribution in [-0.4, -0.2) is 76.1 Å². The van der Waals surface area contributed by atoms with Crippen LogP contribution in [0.5, 0.6) is 0 Å². The molecule has 122 valence electrons. The summed E-state index contributed by atoms with van der Waals surface area (Å²) in [4.78, 5) is 18.1. The van der Waals surface area contributed by atoms with Gasteiger partial charge in [-0.2, -0.15) is 4.98 Å². The Hall–Kier alpha value is -1.52. The van der Waals surface area contributed by atoms with Crippen molar-refractivity contribution in [3.63, 3.8) is 0 Å². The normalized spacial score (nSPS) is 32.4. The summed E-state index contributed by atoms with van der Waals surface area (Å²) in [5, 5.41) is 28.8. The summed E-state index contributed by atoms with van der Waals surface area (Å²) in [6.45, 7) is 2.04. The lowest BCUT2D eigenvalue weighted by atomic mass is 10.1. The maximum Gasteiger partial charge on any atom is 0.351 e. The van der Waals surface area contributed by atoms with E-state index in [1.54, 1.807) is 6.07 Å². The van der Waals surface area contributed by atoms with Gasteiger partial charge in [0.1, 0.15) is 24.1 Å². The highest BCUT2D eigenvalue weighted by molar-refractivity contribution is 5.36. The highest BCUT2D eigenvalue weighted by Crippen LogP contribution is 2.28. The molecule has 0 saturated carbocycles. The van der Waals surface area contributed by atoms with Gasteiger partial charge < -0.3 is 29.7 Å². The Labute approximate surface area is 126 Å². The number of aromatic nitrogens is 2. The molecule has 3 N–H and O–H groups in total. The van der Waals surface area contributed by atoms with Crippen LogP contribution < -0.4 is 10.6 Å². The van der Waals surface area contributed by atoms with E-state index in [-0.39, 0.29) is 0 Å². The van der Waals surface area contributed by atoms with Crippen LogP contribution in [0, 0.1) is 0 Å². The third-order valence-corrected chi connectivity index (χ3v) is 3.94. The Kier molecular flexibility index (Phi) is 4.41. The molecule has 0 radical (unpaired) electrons. The number of nitrogens with zero attached hydrogens (tertiary/aromatic N) is 3. The van der Waals surface area contributed by atoms with Gasteiger partial charge in [0.05, 0.1) is 19.8 Å². The maximum atomic E-state index is 12.2. The predicted octanol–water partition coefficient (Wildman–Crippen LogP) is -2.31. The van der Waals surface area contributed by atoms with Crippen LogP contribution in [0.1, 0.15) is 6.23 Å². The van der Waals surface area contributed by atoms with Crippen LogP contribution in [0.15, 0.2) is 17.1 Å². The molecule has 0 amide bonds. The Morgan fingerprint density at radius 2 is 2.00 bits per heavy atom. The highest BCUT2D eigenvalue weighted by atomic mass is 16.6. The van der Waals surface area contributed by atoms with Gasteiger partial charge in [0.2, 0.25) is 0 Å². The fourth-order valence-corrected chi connectivity index (χ4v) is 2.68. The van der Waals surface area contributed by atoms with E-state index in [1.165, 1.54) is 6.20 Å². The van der Waals surface area contributed by atoms with Gasteiger partial charge in [-0.1, -0.05) is 0 Å². The monoisotopic (exact) mass is 313 g/mol. The van der Waals surface area contributed by atoms with Gasteiger partial charge in [0.25, 0.3) is 0 Å². The number of ether oxygens (including phenoxy) is 2. The van der Waals surface area contributed by atoms with Crippen molar-refractivity contribution in [2.24, 2.45) is 0 Å². The molecule has 22 heavy (non-hydrogen) atoms. The topological polar surface area (TPSA) is 117 Å². The van der Waals surface area contributed by atoms with Crippen molar-refractivity contribution >= 4 is 5.82 Å². The van der Waals surface area contributed by atoms with E-state index in [9.17, 15) is 15.0 Å². The molecule has 9 heteroatoms. The van der Waals surface area contributed by atoms with Gasteiger partial charge in [-0.15, -0.1) is 0 Å². The van der Waals surface area contributed by atoms with Gasteiger partial charge in [0, 0.05) is 19.3 Å². The number of hydrogen-bond acceptors (Lipinski definition) is 8. The van der Waals surface area contributed by atoms with Crippen molar-refractivity contribution in [3.8, 4) is 0 Å². The molecule has 1 aromatic rings. The van der Waals surface area contributed by atoms with E-state index in [0.29, 0.717) is 32.1 Å². The summed E-state index contributed by atoms with van der Waals surface area (Å²) >= 11 is 0. The molecule has 0 spiro atoms. The minimum Gasteiger partial charge on any atom is -0.394 e. The average molecular weight is 313 g/mol. The van der Waals surface area contributed by atoms with Gasteiger partial charge in [-0.3, -0.25) is 4.57 Å². The standard InChI is InChI=1S/C13H19N3O6/c17-7-8-10(18)11(19)12(22-8)16-2-1-9(14-13(16)20)15-3-5-21-6-4-15/h1-2,8,10-12,17-19H,3-7H2/t8-,10+,11+,12+/m0/s1. The molecule has 0 unspecified atom stereocenters. The lowest BCUT2D eigenvalue weighted by Gasteiger charge is -2.28. The van der Waals surface area contributed by atoms with Crippen LogP contribution in [0.3, 0.4) is 0 Å². The van der Waals surface area contributed by atoms with Crippen molar-refractivity contribution < 1.29 is 24.8 Å². The summed E-state index contributed by atoms with van der Waals surface area (Å²) in [7, 11) is 0. The first kappa shape index (κ1) is 15.4. The Balaban J connectivity index is 1.82. The maximum absolute atomic E-state index is 12.2. The second-order valence-electron chi connectivity index (χ2n) is 5.30. The molecule has 2 aliphatic heterocycles. The van der Waals surface area contributed by atoms with Crippen molar-refractivity contribution in [2.75, 3.05) is 37.8 Å². The van der Waals surface area contributed by atoms with Crippen LogP contribution in [0.4, 0.5) is 5.82 Å².